The lowest BCUT2D eigenvalue weighted by Crippen LogP contribution is -2.50. The molecule has 0 bridgehead atoms. The first-order valence-electron chi connectivity index (χ1n) is 9.52. The Labute approximate surface area is 167 Å². The number of carbonyl (C=O) groups excluding carboxylic acids is 1. The molecule has 2 aromatic rings. The number of hydrogen-bond acceptors (Lipinski definition) is 4. The lowest BCUT2D eigenvalue weighted by molar-refractivity contribution is -0.274. The van der Waals surface area contributed by atoms with Crippen molar-refractivity contribution in [3.63, 3.8) is 0 Å². The lowest BCUT2D eigenvalue weighted by Gasteiger charge is -2.37. The van der Waals surface area contributed by atoms with Gasteiger partial charge >= 0.3 is 6.36 Å². The van der Waals surface area contributed by atoms with Crippen molar-refractivity contribution in [2.75, 3.05) is 26.2 Å². The maximum atomic E-state index is 13.1. The van der Waals surface area contributed by atoms with Crippen molar-refractivity contribution in [3.05, 3.63) is 41.2 Å². The number of nitrogens with zero attached hydrogens (tertiary/aromatic N) is 4. The Bertz CT molecular complexity index is 884. The molecule has 0 saturated carbocycles. The highest BCUT2D eigenvalue weighted by Gasteiger charge is 2.31. The third-order valence-corrected chi connectivity index (χ3v) is 5.13. The molecule has 0 N–H and O–H groups in total. The number of aryl methyl sites for hydroxylation is 1. The van der Waals surface area contributed by atoms with Crippen molar-refractivity contribution in [3.8, 4) is 11.4 Å². The molecule has 1 aliphatic heterocycles. The van der Waals surface area contributed by atoms with Crippen LogP contribution in [0.4, 0.5) is 13.2 Å². The Morgan fingerprint density at radius 3 is 2.38 bits per heavy atom. The summed E-state index contributed by atoms with van der Waals surface area (Å²) in [5.74, 6) is -0.433. The molecule has 1 aromatic heterocycles. The summed E-state index contributed by atoms with van der Waals surface area (Å²) >= 11 is 0. The minimum Gasteiger partial charge on any atom is -0.406 e. The van der Waals surface area contributed by atoms with Crippen molar-refractivity contribution < 1.29 is 22.7 Å². The molecule has 1 aliphatic rings. The summed E-state index contributed by atoms with van der Waals surface area (Å²) in [6.45, 7) is 10.6. The van der Waals surface area contributed by atoms with E-state index in [-0.39, 0.29) is 11.7 Å². The van der Waals surface area contributed by atoms with Gasteiger partial charge < -0.3 is 9.64 Å². The molecule has 0 unspecified atom stereocenters. The number of amides is 1. The van der Waals surface area contributed by atoms with E-state index in [0.29, 0.717) is 41.8 Å². The Morgan fingerprint density at radius 2 is 1.79 bits per heavy atom. The molecule has 0 aliphatic carbocycles. The van der Waals surface area contributed by atoms with Crippen molar-refractivity contribution in [1.82, 2.24) is 19.6 Å². The first-order valence-corrected chi connectivity index (χ1v) is 9.52. The van der Waals surface area contributed by atoms with Gasteiger partial charge in [0.2, 0.25) is 0 Å². The van der Waals surface area contributed by atoms with E-state index in [4.69, 9.17) is 0 Å². The number of ether oxygens (including phenoxy) is 1. The maximum absolute atomic E-state index is 13.1. The molecule has 0 radical (unpaired) electrons. The van der Waals surface area contributed by atoms with E-state index in [9.17, 15) is 18.0 Å². The molecule has 1 amide bonds. The second-order valence-electron chi connectivity index (χ2n) is 7.42. The van der Waals surface area contributed by atoms with E-state index in [0.717, 1.165) is 13.1 Å². The van der Waals surface area contributed by atoms with Crippen LogP contribution >= 0.6 is 0 Å². The van der Waals surface area contributed by atoms with Gasteiger partial charge in [-0.05, 0) is 39.8 Å². The summed E-state index contributed by atoms with van der Waals surface area (Å²) in [5.41, 5.74) is 2.02. The van der Waals surface area contributed by atoms with Crippen molar-refractivity contribution >= 4 is 5.91 Å². The molecule has 9 heteroatoms. The van der Waals surface area contributed by atoms with E-state index in [2.05, 4.69) is 28.6 Å². The Balaban J connectivity index is 1.84. The molecular formula is C20H25F3N4O2. The molecule has 0 spiro atoms. The summed E-state index contributed by atoms with van der Waals surface area (Å²) < 4.78 is 43.0. The van der Waals surface area contributed by atoms with Crippen LogP contribution in [0.5, 0.6) is 5.75 Å². The van der Waals surface area contributed by atoms with Crippen molar-refractivity contribution in [1.29, 1.82) is 0 Å². The maximum Gasteiger partial charge on any atom is 0.573 e. The zero-order valence-electron chi connectivity index (χ0n) is 17.0. The summed E-state index contributed by atoms with van der Waals surface area (Å²) in [6, 6.07) is 5.99. The number of benzene rings is 1. The van der Waals surface area contributed by atoms with E-state index >= 15 is 0 Å². The van der Waals surface area contributed by atoms with Gasteiger partial charge in [0.25, 0.3) is 5.91 Å². The molecule has 0 atom stereocenters. The highest BCUT2D eigenvalue weighted by atomic mass is 19.4. The normalized spacial score (nSPS) is 15.8. The molecule has 29 heavy (non-hydrogen) atoms. The largest absolute Gasteiger partial charge is 0.573 e. The summed E-state index contributed by atoms with van der Waals surface area (Å²) in [5, 5.41) is 4.40. The topological polar surface area (TPSA) is 50.6 Å². The average molecular weight is 410 g/mol. The van der Waals surface area contributed by atoms with Crippen LogP contribution in [0, 0.1) is 13.8 Å². The Kier molecular flexibility index (Phi) is 5.88. The first-order chi connectivity index (χ1) is 13.6. The van der Waals surface area contributed by atoms with Gasteiger partial charge in [-0.2, -0.15) is 5.10 Å². The van der Waals surface area contributed by atoms with Crippen LogP contribution in [-0.4, -0.2) is 64.1 Å². The van der Waals surface area contributed by atoms with Gasteiger partial charge in [0.15, 0.2) is 0 Å². The van der Waals surface area contributed by atoms with Crippen LogP contribution in [0.25, 0.3) is 5.69 Å². The molecule has 158 valence electrons. The number of piperazine rings is 1. The van der Waals surface area contributed by atoms with Gasteiger partial charge in [0.1, 0.15) is 5.75 Å². The predicted octanol–water partition coefficient (Wildman–Crippen LogP) is 3.55. The molecule has 2 heterocycles. The van der Waals surface area contributed by atoms with Gasteiger partial charge in [-0.1, -0.05) is 6.07 Å². The molecule has 1 aromatic carbocycles. The van der Waals surface area contributed by atoms with Crippen LogP contribution < -0.4 is 4.74 Å². The fraction of sp³-hybridized carbons (Fsp3) is 0.500. The molecular weight excluding hydrogens is 385 g/mol. The minimum atomic E-state index is -4.77. The van der Waals surface area contributed by atoms with E-state index in [1.165, 1.54) is 22.9 Å². The Hall–Kier alpha value is -2.55. The van der Waals surface area contributed by atoms with Crippen LogP contribution in [0.15, 0.2) is 24.3 Å². The fourth-order valence-electron chi connectivity index (χ4n) is 3.62. The highest BCUT2D eigenvalue weighted by Crippen LogP contribution is 2.26. The number of alkyl halides is 3. The van der Waals surface area contributed by atoms with Gasteiger partial charge in [-0.15, -0.1) is 13.2 Å². The minimum absolute atomic E-state index is 0.0997. The predicted molar refractivity (Wildman–Crippen MR) is 102 cm³/mol. The third-order valence-electron chi connectivity index (χ3n) is 5.13. The number of rotatable bonds is 4. The first kappa shape index (κ1) is 21.2. The van der Waals surface area contributed by atoms with Gasteiger partial charge in [-0.3, -0.25) is 9.69 Å². The number of hydrogen-bond donors (Lipinski definition) is 0. The van der Waals surface area contributed by atoms with Crippen molar-refractivity contribution in [2.24, 2.45) is 0 Å². The van der Waals surface area contributed by atoms with E-state index < -0.39 is 6.36 Å². The van der Waals surface area contributed by atoms with Crippen molar-refractivity contribution in [2.45, 2.75) is 40.1 Å². The highest BCUT2D eigenvalue weighted by molar-refractivity contribution is 5.96. The molecule has 6 nitrogen and oxygen atoms in total. The zero-order chi connectivity index (χ0) is 21.3. The van der Waals surface area contributed by atoms with Crippen LogP contribution in [-0.2, 0) is 0 Å². The second-order valence-corrected chi connectivity index (χ2v) is 7.42. The van der Waals surface area contributed by atoms with E-state index in [1.54, 1.807) is 19.9 Å². The molecule has 1 fully saturated rings. The second kappa shape index (κ2) is 8.06. The van der Waals surface area contributed by atoms with Crippen LogP contribution in [0.3, 0.4) is 0 Å². The van der Waals surface area contributed by atoms with Gasteiger partial charge in [0, 0.05) is 38.3 Å². The molecule has 1 saturated heterocycles. The summed E-state index contributed by atoms with van der Waals surface area (Å²) in [6.07, 6.45) is -4.77. The number of halogens is 3. The smallest absolute Gasteiger partial charge is 0.406 e. The zero-order valence-corrected chi connectivity index (χ0v) is 17.0. The number of aromatic nitrogens is 2. The van der Waals surface area contributed by atoms with Gasteiger partial charge in [-0.25, -0.2) is 4.68 Å². The summed E-state index contributed by atoms with van der Waals surface area (Å²) in [4.78, 5) is 17.2. The SMILES string of the molecule is Cc1nn(-c2cccc(OC(F)(F)F)c2)c(C)c1C(=O)N1CCN(C(C)C)CC1. The van der Waals surface area contributed by atoms with Crippen LogP contribution in [0.2, 0.25) is 0 Å². The molecule has 3 rings (SSSR count). The number of carbonyl (C=O) groups is 1. The fourth-order valence-corrected chi connectivity index (χ4v) is 3.62. The standard InChI is InChI=1S/C20H25F3N4O2/c1-13(2)25-8-10-26(11-9-25)19(28)18-14(3)24-27(15(18)4)16-6-5-7-17(12-16)29-20(21,22)23/h5-7,12-13H,8-11H2,1-4H3. The average Bonchev–Trinajstić information content (AvgIpc) is 2.94. The third kappa shape index (κ3) is 4.72. The Morgan fingerprint density at radius 1 is 1.14 bits per heavy atom. The lowest BCUT2D eigenvalue weighted by atomic mass is 10.1. The summed E-state index contributed by atoms with van der Waals surface area (Å²) in [7, 11) is 0. The van der Waals surface area contributed by atoms with E-state index in [1.807, 2.05) is 4.90 Å². The van der Waals surface area contributed by atoms with Gasteiger partial charge in [0.05, 0.1) is 22.6 Å². The van der Waals surface area contributed by atoms with Crippen LogP contribution in [0.1, 0.15) is 35.6 Å². The quantitative estimate of drug-likeness (QED) is 0.774. The monoisotopic (exact) mass is 410 g/mol.